The standard InChI is InChI=1S/C19H22F2N8/c1-11-23-18-13(10-22-27(18)2)19(24-11)29-7-5-28(6-8-29)15-9-14(16(20)21)25-17(26-15)12-3-4-12/h9-10,12,16H,3-8H2,1-2H3. The highest BCUT2D eigenvalue weighted by Gasteiger charge is 2.30. The molecule has 4 heterocycles. The minimum absolute atomic E-state index is 0.178. The summed E-state index contributed by atoms with van der Waals surface area (Å²) in [5, 5.41) is 5.22. The summed E-state index contributed by atoms with van der Waals surface area (Å²) in [4.78, 5) is 22.0. The highest BCUT2D eigenvalue weighted by molar-refractivity contribution is 5.87. The van der Waals surface area contributed by atoms with E-state index < -0.39 is 6.43 Å². The molecule has 0 amide bonds. The molecule has 0 N–H and O–H groups in total. The van der Waals surface area contributed by atoms with Crippen LogP contribution in [0.4, 0.5) is 20.4 Å². The zero-order valence-electron chi connectivity index (χ0n) is 16.4. The first-order valence-corrected chi connectivity index (χ1v) is 9.83. The van der Waals surface area contributed by atoms with Crippen molar-refractivity contribution in [1.29, 1.82) is 0 Å². The van der Waals surface area contributed by atoms with Crippen LogP contribution >= 0.6 is 0 Å². The number of anilines is 2. The third-order valence-electron chi connectivity index (χ3n) is 5.50. The summed E-state index contributed by atoms with van der Waals surface area (Å²) < 4.78 is 28.4. The molecule has 0 radical (unpaired) electrons. The Balaban J connectivity index is 1.39. The summed E-state index contributed by atoms with van der Waals surface area (Å²) in [5.41, 5.74) is 0.629. The first-order valence-electron chi connectivity index (χ1n) is 9.83. The van der Waals surface area contributed by atoms with Gasteiger partial charge in [-0.15, -0.1) is 0 Å². The third kappa shape index (κ3) is 3.36. The Hall–Kier alpha value is -2.91. The van der Waals surface area contributed by atoms with E-state index >= 15 is 0 Å². The van der Waals surface area contributed by atoms with E-state index in [9.17, 15) is 8.78 Å². The van der Waals surface area contributed by atoms with E-state index in [2.05, 4.69) is 34.8 Å². The smallest absolute Gasteiger partial charge is 0.280 e. The second kappa shape index (κ2) is 6.85. The molecular weight excluding hydrogens is 378 g/mol. The Bertz CT molecular complexity index is 1030. The Morgan fingerprint density at radius 1 is 1.00 bits per heavy atom. The summed E-state index contributed by atoms with van der Waals surface area (Å²) in [6.07, 6.45) is 1.17. The van der Waals surface area contributed by atoms with Crippen LogP contribution in [0, 0.1) is 6.92 Å². The Kier molecular flexibility index (Phi) is 4.29. The zero-order chi connectivity index (χ0) is 20.1. The van der Waals surface area contributed by atoms with Crippen molar-refractivity contribution in [3.05, 3.63) is 29.6 Å². The van der Waals surface area contributed by atoms with Crippen LogP contribution in [0.2, 0.25) is 0 Å². The maximum Gasteiger partial charge on any atom is 0.280 e. The Morgan fingerprint density at radius 3 is 2.41 bits per heavy atom. The van der Waals surface area contributed by atoms with Crippen molar-refractivity contribution in [2.75, 3.05) is 36.0 Å². The molecule has 3 aromatic heterocycles. The van der Waals surface area contributed by atoms with E-state index in [0.717, 1.165) is 29.7 Å². The lowest BCUT2D eigenvalue weighted by Gasteiger charge is -2.36. The average molecular weight is 400 g/mol. The van der Waals surface area contributed by atoms with Gasteiger partial charge in [0.2, 0.25) is 0 Å². The van der Waals surface area contributed by atoms with Gasteiger partial charge in [0.1, 0.15) is 29.0 Å². The van der Waals surface area contributed by atoms with Gasteiger partial charge in [-0.25, -0.2) is 28.7 Å². The van der Waals surface area contributed by atoms with Gasteiger partial charge in [-0.1, -0.05) is 0 Å². The molecule has 29 heavy (non-hydrogen) atoms. The lowest BCUT2D eigenvalue weighted by molar-refractivity contribution is 0.145. The molecule has 1 aliphatic heterocycles. The van der Waals surface area contributed by atoms with Crippen LogP contribution in [0.25, 0.3) is 11.0 Å². The predicted octanol–water partition coefficient (Wildman–Crippen LogP) is 2.60. The molecule has 5 rings (SSSR count). The number of hydrogen-bond donors (Lipinski definition) is 0. The van der Waals surface area contributed by atoms with Crippen LogP contribution in [0.3, 0.4) is 0 Å². The van der Waals surface area contributed by atoms with Gasteiger partial charge in [-0.2, -0.15) is 5.10 Å². The Morgan fingerprint density at radius 2 is 1.72 bits per heavy atom. The number of halogens is 2. The number of nitrogens with zero attached hydrogens (tertiary/aromatic N) is 8. The van der Waals surface area contributed by atoms with Crippen molar-refractivity contribution in [3.8, 4) is 0 Å². The van der Waals surface area contributed by atoms with Gasteiger partial charge in [-0.3, -0.25) is 4.68 Å². The van der Waals surface area contributed by atoms with E-state index in [-0.39, 0.29) is 11.6 Å². The minimum atomic E-state index is -2.58. The topological polar surface area (TPSA) is 75.9 Å². The molecule has 2 aliphatic rings. The van der Waals surface area contributed by atoms with Gasteiger partial charge in [0.25, 0.3) is 6.43 Å². The van der Waals surface area contributed by atoms with E-state index in [1.165, 1.54) is 6.07 Å². The fourth-order valence-electron chi connectivity index (χ4n) is 3.77. The highest BCUT2D eigenvalue weighted by Crippen LogP contribution is 2.39. The van der Waals surface area contributed by atoms with E-state index in [4.69, 9.17) is 0 Å². The van der Waals surface area contributed by atoms with Crippen molar-refractivity contribution < 1.29 is 8.78 Å². The van der Waals surface area contributed by atoms with Crippen molar-refractivity contribution >= 4 is 22.7 Å². The number of aromatic nitrogens is 6. The first kappa shape index (κ1) is 18.1. The number of piperazine rings is 1. The largest absolute Gasteiger partial charge is 0.353 e. The lowest BCUT2D eigenvalue weighted by atomic mass is 10.2. The summed E-state index contributed by atoms with van der Waals surface area (Å²) in [5.74, 6) is 2.96. The molecule has 1 aliphatic carbocycles. The Labute approximate surface area is 166 Å². The van der Waals surface area contributed by atoms with Crippen LogP contribution in [0.5, 0.6) is 0 Å². The maximum atomic E-state index is 13.3. The quantitative estimate of drug-likeness (QED) is 0.666. The number of aryl methyl sites for hydroxylation is 2. The third-order valence-corrected chi connectivity index (χ3v) is 5.50. The van der Waals surface area contributed by atoms with E-state index in [1.807, 2.05) is 14.0 Å². The molecular formula is C19H22F2N8. The first-order chi connectivity index (χ1) is 14.0. The number of fused-ring (bicyclic) bond motifs is 1. The highest BCUT2D eigenvalue weighted by atomic mass is 19.3. The number of hydrogen-bond acceptors (Lipinski definition) is 7. The van der Waals surface area contributed by atoms with Crippen molar-refractivity contribution in [2.24, 2.45) is 7.05 Å². The lowest BCUT2D eigenvalue weighted by Crippen LogP contribution is -2.47. The fourth-order valence-corrected chi connectivity index (χ4v) is 3.77. The van der Waals surface area contributed by atoms with E-state index in [1.54, 1.807) is 10.9 Å². The van der Waals surface area contributed by atoms with E-state index in [0.29, 0.717) is 43.6 Å². The van der Waals surface area contributed by atoms with Gasteiger partial charge in [-0.05, 0) is 19.8 Å². The molecule has 0 spiro atoms. The molecule has 2 fully saturated rings. The summed E-state index contributed by atoms with van der Waals surface area (Å²) >= 11 is 0. The second-order valence-corrected chi connectivity index (χ2v) is 7.66. The van der Waals surface area contributed by atoms with Crippen LogP contribution in [0.15, 0.2) is 12.3 Å². The van der Waals surface area contributed by atoms with Crippen LogP contribution < -0.4 is 9.80 Å². The summed E-state index contributed by atoms with van der Waals surface area (Å²) in [7, 11) is 1.86. The van der Waals surface area contributed by atoms with Crippen LogP contribution in [0.1, 0.15) is 42.5 Å². The molecule has 0 unspecified atom stereocenters. The molecule has 152 valence electrons. The zero-order valence-corrected chi connectivity index (χ0v) is 16.4. The molecule has 1 saturated carbocycles. The van der Waals surface area contributed by atoms with Gasteiger partial charge in [0.05, 0.1) is 11.6 Å². The minimum Gasteiger partial charge on any atom is -0.353 e. The van der Waals surface area contributed by atoms with Crippen LogP contribution in [-0.2, 0) is 7.05 Å². The van der Waals surface area contributed by atoms with Crippen LogP contribution in [-0.4, -0.2) is 55.9 Å². The molecule has 0 bridgehead atoms. The second-order valence-electron chi connectivity index (χ2n) is 7.66. The normalized spacial score (nSPS) is 17.6. The van der Waals surface area contributed by atoms with Gasteiger partial charge >= 0.3 is 0 Å². The SMILES string of the molecule is Cc1nc(N2CCN(c3cc(C(F)F)nc(C4CC4)n3)CC2)c2cnn(C)c2n1. The molecule has 10 heteroatoms. The average Bonchev–Trinajstić information content (AvgIpc) is 3.51. The maximum absolute atomic E-state index is 13.3. The fraction of sp³-hybridized carbons (Fsp3) is 0.526. The molecule has 8 nitrogen and oxygen atoms in total. The number of rotatable bonds is 4. The summed E-state index contributed by atoms with van der Waals surface area (Å²) in [6.45, 7) is 4.65. The predicted molar refractivity (Wildman–Crippen MR) is 104 cm³/mol. The van der Waals surface area contributed by atoms with Gasteiger partial charge in [0.15, 0.2) is 5.65 Å². The summed E-state index contributed by atoms with van der Waals surface area (Å²) in [6, 6.07) is 1.43. The monoisotopic (exact) mass is 400 g/mol. The molecule has 3 aromatic rings. The molecule has 0 aromatic carbocycles. The van der Waals surface area contributed by atoms with Crippen molar-refractivity contribution in [1.82, 2.24) is 29.7 Å². The van der Waals surface area contributed by atoms with Gasteiger partial charge < -0.3 is 9.80 Å². The van der Waals surface area contributed by atoms with Gasteiger partial charge in [0, 0.05) is 45.2 Å². The number of alkyl halides is 2. The molecule has 0 atom stereocenters. The van der Waals surface area contributed by atoms with Crippen molar-refractivity contribution in [3.63, 3.8) is 0 Å². The van der Waals surface area contributed by atoms with Crippen molar-refractivity contribution in [2.45, 2.75) is 32.1 Å². The molecule has 1 saturated heterocycles.